The first kappa shape index (κ1) is 71.8. The van der Waals surface area contributed by atoms with Crippen LogP contribution >= 0.6 is 0 Å². The molecule has 0 saturated heterocycles. The fraction of sp³-hybridized carbons (Fsp3) is 0.671. The standard InChI is InChI=1S/C70H116O6/c1-4-7-10-13-16-19-22-25-28-30-31-32-33-34-35-36-37-38-39-40-43-45-48-51-54-57-60-63-69(72)75-66-67(65-74-68(71)62-59-56-53-50-47-44-41-27-24-21-18-15-12-9-6-3)76-70(73)64-61-58-55-52-49-46-42-29-26-23-20-17-14-11-8-5-2/h7,10,16,19,25,27-29,31-32,34-35,37-38,40-43,48,51,67H,4-6,8-9,11-15,17-18,20-24,26,30,33,36,39,44-47,49-50,52-66H2,1-3H3/b10-7-,19-16-,28-25-,32-31-,35-34-,38-37-,41-27-,42-29-,43-40-,51-48-. The Bertz CT molecular complexity index is 1590. The van der Waals surface area contributed by atoms with Crippen molar-refractivity contribution in [1.82, 2.24) is 0 Å². The lowest BCUT2D eigenvalue weighted by molar-refractivity contribution is -0.167. The summed E-state index contributed by atoms with van der Waals surface area (Å²) in [5.41, 5.74) is 0. The van der Waals surface area contributed by atoms with Gasteiger partial charge in [0, 0.05) is 19.3 Å². The van der Waals surface area contributed by atoms with Crippen molar-refractivity contribution in [2.24, 2.45) is 0 Å². The molecule has 1 atom stereocenters. The van der Waals surface area contributed by atoms with Gasteiger partial charge < -0.3 is 14.2 Å². The van der Waals surface area contributed by atoms with E-state index in [-0.39, 0.29) is 31.1 Å². The van der Waals surface area contributed by atoms with Crippen molar-refractivity contribution in [2.75, 3.05) is 13.2 Å². The van der Waals surface area contributed by atoms with E-state index in [4.69, 9.17) is 14.2 Å². The Morgan fingerprint density at radius 1 is 0.276 bits per heavy atom. The fourth-order valence-corrected chi connectivity index (χ4v) is 8.45. The van der Waals surface area contributed by atoms with E-state index in [0.29, 0.717) is 25.7 Å². The van der Waals surface area contributed by atoms with E-state index in [1.165, 1.54) is 109 Å². The average Bonchev–Trinajstić information content (AvgIpc) is 3.42. The highest BCUT2D eigenvalue weighted by Gasteiger charge is 2.19. The molecule has 0 bridgehead atoms. The highest BCUT2D eigenvalue weighted by Crippen LogP contribution is 2.14. The summed E-state index contributed by atoms with van der Waals surface area (Å²) in [5, 5.41) is 0. The second-order valence-corrected chi connectivity index (χ2v) is 20.6. The molecule has 0 N–H and O–H groups in total. The number of allylic oxidation sites excluding steroid dienone is 20. The summed E-state index contributed by atoms with van der Waals surface area (Å²) in [6, 6.07) is 0. The lowest BCUT2D eigenvalue weighted by atomic mass is 10.1. The van der Waals surface area contributed by atoms with Crippen LogP contribution < -0.4 is 0 Å². The van der Waals surface area contributed by atoms with Gasteiger partial charge in [-0.25, -0.2) is 0 Å². The third-order valence-electron chi connectivity index (χ3n) is 13.2. The Labute approximate surface area is 469 Å². The first-order valence-electron chi connectivity index (χ1n) is 31.5. The van der Waals surface area contributed by atoms with Crippen molar-refractivity contribution >= 4 is 17.9 Å². The number of hydrogen-bond donors (Lipinski definition) is 0. The fourth-order valence-electron chi connectivity index (χ4n) is 8.45. The van der Waals surface area contributed by atoms with Gasteiger partial charge in [-0.1, -0.05) is 251 Å². The van der Waals surface area contributed by atoms with Crippen molar-refractivity contribution in [2.45, 2.75) is 290 Å². The van der Waals surface area contributed by atoms with E-state index in [1.807, 2.05) is 0 Å². The minimum absolute atomic E-state index is 0.101. The molecule has 0 rings (SSSR count). The van der Waals surface area contributed by atoms with Crippen molar-refractivity contribution < 1.29 is 28.6 Å². The molecule has 0 amide bonds. The quantitative estimate of drug-likeness (QED) is 0.0261. The second-order valence-electron chi connectivity index (χ2n) is 20.6. The highest BCUT2D eigenvalue weighted by molar-refractivity contribution is 5.71. The maximum atomic E-state index is 12.9. The van der Waals surface area contributed by atoms with E-state index in [1.54, 1.807) is 0 Å². The number of hydrogen-bond acceptors (Lipinski definition) is 6. The summed E-state index contributed by atoms with van der Waals surface area (Å²) in [7, 11) is 0. The molecular weight excluding hydrogens is 937 g/mol. The lowest BCUT2D eigenvalue weighted by Crippen LogP contribution is -2.30. The Kier molecular flexibility index (Phi) is 59.9. The zero-order valence-electron chi connectivity index (χ0n) is 49.5. The van der Waals surface area contributed by atoms with Crippen LogP contribution in [0.15, 0.2) is 122 Å². The highest BCUT2D eigenvalue weighted by atomic mass is 16.6. The molecule has 0 aromatic rings. The van der Waals surface area contributed by atoms with Crippen molar-refractivity contribution in [1.29, 1.82) is 0 Å². The van der Waals surface area contributed by atoms with Crippen LogP contribution in [0.5, 0.6) is 0 Å². The third-order valence-corrected chi connectivity index (χ3v) is 13.2. The molecule has 0 fully saturated rings. The third kappa shape index (κ3) is 60.7. The van der Waals surface area contributed by atoms with Crippen LogP contribution in [0.1, 0.15) is 284 Å². The number of unbranched alkanes of at least 4 members (excludes halogenated alkanes) is 25. The lowest BCUT2D eigenvalue weighted by Gasteiger charge is -2.18. The molecule has 0 aliphatic carbocycles. The van der Waals surface area contributed by atoms with Gasteiger partial charge in [-0.15, -0.1) is 0 Å². The van der Waals surface area contributed by atoms with E-state index >= 15 is 0 Å². The molecule has 0 aromatic carbocycles. The molecule has 0 aliphatic rings. The van der Waals surface area contributed by atoms with Crippen LogP contribution in [0.3, 0.4) is 0 Å². The van der Waals surface area contributed by atoms with Gasteiger partial charge in [0.05, 0.1) is 0 Å². The zero-order chi connectivity index (χ0) is 55.0. The molecule has 6 heteroatoms. The molecule has 6 nitrogen and oxygen atoms in total. The number of rotatable bonds is 56. The molecular formula is C70H116O6. The van der Waals surface area contributed by atoms with Crippen molar-refractivity contribution in [3.63, 3.8) is 0 Å². The SMILES string of the molecule is CC/C=C\C/C=C\C/C=C\C/C=C\C/C=C\C/C=C\C/C=C\C/C=C\CCCCC(=O)OCC(COC(=O)CCCCCCC/C=C\CCCCCCCC)OC(=O)CCCCCCC/C=C\CCCCCCCCC. The van der Waals surface area contributed by atoms with E-state index in [0.717, 1.165) is 128 Å². The van der Waals surface area contributed by atoms with Crippen LogP contribution in [0.2, 0.25) is 0 Å². The van der Waals surface area contributed by atoms with Crippen molar-refractivity contribution in [3.8, 4) is 0 Å². The zero-order valence-corrected chi connectivity index (χ0v) is 49.5. The number of esters is 3. The Morgan fingerprint density at radius 2 is 0.513 bits per heavy atom. The predicted molar refractivity (Wildman–Crippen MR) is 330 cm³/mol. The largest absolute Gasteiger partial charge is 0.462 e. The monoisotopic (exact) mass is 1050 g/mol. The molecule has 432 valence electrons. The summed E-state index contributed by atoms with van der Waals surface area (Å²) in [6.07, 6.45) is 87.7. The van der Waals surface area contributed by atoms with Crippen LogP contribution in [-0.2, 0) is 28.6 Å². The number of carbonyl (C=O) groups is 3. The van der Waals surface area contributed by atoms with E-state index in [2.05, 4.69) is 142 Å². The Morgan fingerprint density at radius 3 is 0.842 bits per heavy atom. The summed E-state index contributed by atoms with van der Waals surface area (Å²) in [5.74, 6) is -0.960. The van der Waals surface area contributed by atoms with Gasteiger partial charge >= 0.3 is 17.9 Å². The minimum Gasteiger partial charge on any atom is -0.462 e. The smallest absolute Gasteiger partial charge is 0.306 e. The molecule has 0 aromatic heterocycles. The second kappa shape index (κ2) is 63.3. The molecule has 0 aliphatic heterocycles. The van der Waals surface area contributed by atoms with Crippen molar-refractivity contribution in [3.05, 3.63) is 122 Å². The van der Waals surface area contributed by atoms with Crippen LogP contribution in [0, 0.1) is 0 Å². The first-order valence-corrected chi connectivity index (χ1v) is 31.5. The maximum Gasteiger partial charge on any atom is 0.306 e. The van der Waals surface area contributed by atoms with E-state index in [9.17, 15) is 14.4 Å². The average molecular weight is 1050 g/mol. The molecule has 0 spiro atoms. The van der Waals surface area contributed by atoms with E-state index < -0.39 is 6.10 Å². The Balaban J connectivity index is 4.46. The molecule has 0 radical (unpaired) electrons. The normalized spacial score (nSPS) is 12.9. The van der Waals surface area contributed by atoms with Crippen LogP contribution in [-0.4, -0.2) is 37.2 Å². The van der Waals surface area contributed by atoms with Gasteiger partial charge in [-0.2, -0.15) is 0 Å². The summed E-state index contributed by atoms with van der Waals surface area (Å²) in [4.78, 5) is 38.3. The molecule has 0 heterocycles. The van der Waals surface area contributed by atoms with Gasteiger partial charge in [0.15, 0.2) is 6.10 Å². The maximum absolute atomic E-state index is 12.9. The van der Waals surface area contributed by atoms with Crippen LogP contribution in [0.25, 0.3) is 0 Å². The first-order chi connectivity index (χ1) is 37.5. The molecule has 0 saturated carbocycles. The topological polar surface area (TPSA) is 78.9 Å². The summed E-state index contributed by atoms with van der Waals surface area (Å²) >= 11 is 0. The molecule has 1 unspecified atom stereocenters. The summed E-state index contributed by atoms with van der Waals surface area (Å²) in [6.45, 7) is 6.48. The van der Waals surface area contributed by atoms with Gasteiger partial charge in [0.2, 0.25) is 0 Å². The van der Waals surface area contributed by atoms with Gasteiger partial charge in [-0.05, 0) is 135 Å². The minimum atomic E-state index is -0.808. The molecule has 76 heavy (non-hydrogen) atoms. The summed E-state index contributed by atoms with van der Waals surface area (Å²) < 4.78 is 16.9. The van der Waals surface area contributed by atoms with Crippen LogP contribution in [0.4, 0.5) is 0 Å². The van der Waals surface area contributed by atoms with Gasteiger partial charge in [-0.3, -0.25) is 14.4 Å². The van der Waals surface area contributed by atoms with Gasteiger partial charge in [0.1, 0.15) is 13.2 Å². The number of ether oxygens (including phenoxy) is 3. The predicted octanol–water partition coefficient (Wildman–Crippen LogP) is 21.6. The van der Waals surface area contributed by atoms with Gasteiger partial charge in [0.25, 0.3) is 0 Å². The Hall–Kier alpha value is -4.19. The number of carbonyl (C=O) groups excluding carboxylic acids is 3.